The molecule has 0 aromatic heterocycles. The van der Waals surface area contributed by atoms with Crippen LogP contribution in [-0.4, -0.2) is 13.1 Å². The third-order valence-electron chi connectivity index (χ3n) is 4.48. The maximum absolute atomic E-state index is 5.47. The van der Waals surface area contributed by atoms with Crippen LogP contribution in [0.3, 0.4) is 0 Å². The van der Waals surface area contributed by atoms with E-state index in [1.807, 2.05) is 23.9 Å². The molecule has 1 atom stereocenters. The van der Waals surface area contributed by atoms with Gasteiger partial charge in [-0.2, -0.15) is 0 Å². The average molecular weight is 348 g/mol. The molecule has 0 bridgehead atoms. The predicted octanol–water partition coefficient (Wildman–Crippen LogP) is 6.61. The first-order chi connectivity index (χ1) is 11.9. The van der Waals surface area contributed by atoms with Crippen molar-refractivity contribution in [2.24, 2.45) is 5.92 Å². The van der Waals surface area contributed by atoms with Gasteiger partial charge in [-0.05, 0) is 12.5 Å². The van der Waals surface area contributed by atoms with Gasteiger partial charge >= 0.3 is 122 Å². The number of thioether (sulfide) groups is 1. The first-order valence-electron chi connectivity index (χ1n) is 8.75. The Kier molecular flexibility index (Phi) is 9.49. The Hall–Kier alpha value is -1.63. The van der Waals surface area contributed by atoms with Crippen LogP contribution in [0.4, 0.5) is 0 Å². The van der Waals surface area contributed by atoms with Gasteiger partial charge in [0.25, 0.3) is 0 Å². The first kappa shape index (κ1) is 21.4. The summed E-state index contributed by atoms with van der Waals surface area (Å²) in [5.74, 6) is 4.27. The topological polar surface area (TPSA) is 0 Å². The van der Waals surface area contributed by atoms with Crippen LogP contribution in [0.5, 0.6) is 0 Å². The van der Waals surface area contributed by atoms with E-state index < -0.39 is 0 Å². The molecule has 0 heterocycles. The van der Waals surface area contributed by atoms with Gasteiger partial charge < -0.3 is 0 Å². The Morgan fingerprint density at radius 2 is 2.08 bits per heavy atom. The van der Waals surface area contributed by atoms with Crippen LogP contribution in [0, 0.1) is 18.6 Å². The van der Waals surface area contributed by atoms with Crippen LogP contribution in [-0.2, 0) is 0 Å². The van der Waals surface area contributed by atoms with Crippen molar-refractivity contribution in [1.29, 1.82) is 0 Å². The molecule has 130 valence electrons. The molecule has 0 amide bonds. The Morgan fingerprint density at radius 1 is 1.36 bits per heavy atom. The molecule has 25 heavy (non-hydrogen) atoms. The molecule has 0 nitrogen and oxygen atoms in total. The van der Waals surface area contributed by atoms with E-state index >= 15 is 0 Å². The maximum atomic E-state index is 5.47. The van der Waals surface area contributed by atoms with Crippen molar-refractivity contribution in [1.82, 2.24) is 0 Å². The molecule has 0 unspecified atom stereocenters. The summed E-state index contributed by atoms with van der Waals surface area (Å²) in [5.41, 5.74) is 5.78. The minimum atomic E-state index is 0.520. The summed E-state index contributed by atoms with van der Waals surface area (Å²) in [6, 6.07) is 6.23. The summed E-state index contributed by atoms with van der Waals surface area (Å²) in [4.78, 5) is 1.31. The van der Waals surface area contributed by atoms with Gasteiger partial charge in [-0.15, -0.1) is 0 Å². The third kappa shape index (κ3) is 7.02. The van der Waals surface area contributed by atoms with E-state index in [1.54, 1.807) is 0 Å². The number of rotatable bonds is 10. The zero-order valence-electron chi connectivity index (χ0n) is 15.9. The van der Waals surface area contributed by atoms with Gasteiger partial charge in [-0.25, -0.2) is 0 Å². The van der Waals surface area contributed by atoms with Crippen molar-refractivity contribution in [2.45, 2.75) is 44.9 Å². The van der Waals surface area contributed by atoms with Crippen molar-refractivity contribution in [3.05, 3.63) is 77.9 Å². The van der Waals surface area contributed by atoms with E-state index in [1.165, 1.54) is 21.6 Å². The van der Waals surface area contributed by atoms with Crippen LogP contribution in [0.25, 0.3) is 0 Å². The van der Waals surface area contributed by atoms with Gasteiger partial charge in [0.2, 0.25) is 0 Å². The number of hydrogen-bond acceptors (Lipinski definition) is 1. The molecule has 0 aliphatic rings. The number of hydrogen-bond donors (Lipinski definition) is 0. The molecule has 0 radical (unpaired) electrons. The van der Waals surface area contributed by atoms with E-state index in [0.717, 1.165) is 36.2 Å². The normalized spacial score (nSPS) is 12.4. The SMILES string of the molecule is B#Cc1ccc(SC[C@H](CCC/C(=C/C)C(=C)C=C)C(=C)C)c(C)c1. The number of aryl methyl sites for hydroxylation is 1. The summed E-state index contributed by atoms with van der Waals surface area (Å²) >= 11 is 1.90. The Bertz CT molecular complexity index is 703. The standard InChI is InChI=1S/C23H29BS/c1-7-18(5)21(8-2)10-9-11-22(17(3)4)16-25-23-13-12-20(15-24)14-19(23)6/h7-8,12-14,22H,1,3,5,9-11,16H2,2,4,6H3/b21-8-/t22-/m0/s1. The monoisotopic (exact) mass is 348 g/mol. The molecule has 1 rings (SSSR count). The fraction of sp³-hybridized carbons (Fsp3) is 0.348. The fourth-order valence-electron chi connectivity index (χ4n) is 2.72. The quantitative estimate of drug-likeness (QED) is 0.198. The minimum absolute atomic E-state index is 0.520. The molecule has 0 aliphatic heterocycles. The molecule has 0 N–H and O–H groups in total. The molecule has 0 saturated carbocycles. The molecule has 0 spiro atoms. The second kappa shape index (κ2) is 11.1. The van der Waals surface area contributed by atoms with Gasteiger partial charge in [0.05, 0.1) is 0 Å². The summed E-state index contributed by atoms with van der Waals surface area (Å²) in [5, 5.41) is 0. The second-order valence-corrected chi connectivity index (χ2v) is 7.48. The molecule has 0 aliphatic carbocycles. The fourth-order valence-corrected chi connectivity index (χ4v) is 4.01. The zero-order chi connectivity index (χ0) is 18.8. The predicted molar refractivity (Wildman–Crippen MR) is 116 cm³/mol. The number of allylic oxidation sites excluding steroid dienone is 5. The van der Waals surface area contributed by atoms with E-state index in [2.05, 4.69) is 64.5 Å². The van der Waals surface area contributed by atoms with Gasteiger partial charge in [-0.1, -0.05) is 25.3 Å². The van der Waals surface area contributed by atoms with E-state index in [-0.39, 0.29) is 0 Å². The van der Waals surface area contributed by atoms with E-state index in [0.29, 0.717) is 5.92 Å². The van der Waals surface area contributed by atoms with Gasteiger partial charge in [0.1, 0.15) is 0 Å². The van der Waals surface area contributed by atoms with Crippen molar-refractivity contribution in [3.63, 3.8) is 0 Å². The molecular weight excluding hydrogens is 319 g/mol. The van der Waals surface area contributed by atoms with Gasteiger partial charge in [-0.3, -0.25) is 0 Å². The van der Waals surface area contributed by atoms with Crippen molar-refractivity contribution in [2.75, 3.05) is 5.75 Å². The Balaban J connectivity index is 2.61. The van der Waals surface area contributed by atoms with Crippen LogP contribution >= 0.6 is 11.8 Å². The van der Waals surface area contributed by atoms with Crippen molar-refractivity contribution < 1.29 is 0 Å². The Morgan fingerprint density at radius 3 is 2.60 bits per heavy atom. The number of benzene rings is 1. The van der Waals surface area contributed by atoms with Crippen LogP contribution < -0.4 is 0 Å². The second-order valence-electron chi connectivity index (χ2n) is 6.41. The molecule has 2 heteroatoms. The van der Waals surface area contributed by atoms with Crippen molar-refractivity contribution in [3.8, 4) is 5.80 Å². The summed E-state index contributed by atoms with van der Waals surface area (Å²) < 4.78 is 0. The van der Waals surface area contributed by atoms with Crippen LogP contribution in [0.2, 0.25) is 0 Å². The summed E-state index contributed by atoms with van der Waals surface area (Å²) in [6.45, 7) is 18.4. The molecular formula is C23H29BS. The van der Waals surface area contributed by atoms with Crippen LogP contribution in [0.15, 0.2) is 71.7 Å². The van der Waals surface area contributed by atoms with E-state index in [4.69, 9.17) is 7.33 Å². The average Bonchev–Trinajstić information content (AvgIpc) is 2.61. The Labute approximate surface area is 159 Å². The van der Waals surface area contributed by atoms with Crippen LogP contribution in [0.1, 0.15) is 44.2 Å². The molecule has 1 aromatic carbocycles. The summed E-state index contributed by atoms with van der Waals surface area (Å²) in [6.07, 6.45) is 7.31. The molecule has 0 saturated heterocycles. The van der Waals surface area contributed by atoms with Crippen molar-refractivity contribution >= 4 is 19.1 Å². The zero-order valence-corrected chi connectivity index (χ0v) is 16.7. The third-order valence-corrected chi connectivity index (χ3v) is 5.82. The first-order valence-corrected chi connectivity index (χ1v) is 9.73. The molecule has 0 fully saturated rings. The van der Waals surface area contributed by atoms with Gasteiger partial charge in [0, 0.05) is 0 Å². The van der Waals surface area contributed by atoms with Gasteiger partial charge in [0.15, 0.2) is 0 Å². The summed E-state index contributed by atoms with van der Waals surface area (Å²) in [7, 11) is 5.47. The molecule has 1 aromatic rings. The van der Waals surface area contributed by atoms with E-state index in [9.17, 15) is 0 Å².